The van der Waals surface area contributed by atoms with Gasteiger partial charge in [0.15, 0.2) is 0 Å². The fourth-order valence-electron chi connectivity index (χ4n) is 2.67. The number of hydrogen-bond donors (Lipinski definition) is 2. The predicted octanol–water partition coefficient (Wildman–Crippen LogP) is 2.45. The number of rotatable bonds is 5. The van der Waals surface area contributed by atoms with Gasteiger partial charge in [0.1, 0.15) is 5.01 Å². The van der Waals surface area contributed by atoms with Gasteiger partial charge in [0.25, 0.3) is 0 Å². The van der Waals surface area contributed by atoms with Crippen LogP contribution in [0.3, 0.4) is 0 Å². The Hall–Kier alpha value is -0.450. The van der Waals surface area contributed by atoms with E-state index >= 15 is 0 Å². The lowest BCUT2D eigenvalue weighted by molar-refractivity contribution is 0.191. The van der Waals surface area contributed by atoms with Gasteiger partial charge in [-0.3, -0.25) is 0 Å². The second kappa shape index (κ2) is 5.94. The molecule has 0 radical (unpaired) electrons. The average Bonchev–Trinajstić information content (AvgIpc) is 2.76. The number of nitrogens with one attached hydrogen (secondary N) is 1. The number of nitrogens with two attached hydrogens (primary N) is 1. The molecular weight excluding hydrogens is 230 g/mol. The van der Waals surface area contributed by atoms with E-state index in [0.717, 1.165) is 19.6 Å². The molecule has 0 saturated heterocycles. The molecule has 1 heterocycles. The van der Waals surface area contributed by atoms with E-state index in [1.807, 2.05) is 6.20 Å². The van der Waals surface area contributed by atoms with E-state index in [-0.39, 0.29) is 0 Å². The Morgan fingerprint density at radius 2 is 2.18 bits per heavy atom. The molecule has 4 heteroatoms. The summed E-state index contributed by atoms with van der Waals surface area (Å²) in [4.78, 5) is 5.66. The van der Waals surface area contributed by atoms with Crippen molar-refractivity contribution in [2.45, 2.75) is 45.6 Å². The third-order valence-electron chi connectivity index (χ3n) is 3.79. The molecule has 0 aromatic carbocycles. The summed E-state index contributed by atoms with van der Waals surface area (Å²) in [6, 6.07) is 0. The van der Waals surface area contributed by atoms with Crippen LogP contribution in [0.4, 0.5) is 0 Å². The topological polar surface area (TPSA) is 50.9 Å². The highest BCUT2D eigenvalue weighted by Crippen LogP contribution is 2.34. The molecule has 1 aromatic heterocycles. The normalized spacial score (nSPS) is 19.4. The van der Waals surface area contributed by atoms with E-state index in [0.29, 0.717) is 5.41 Å². The van der Waals surface area contributed by atoms with Crippen molar-refractivity contribution in [3.05, 3.63) is 16.1 Å². The summed E-state index contributed by atoms with van der Waals surface area (Å²) in [6.07, 6.45) is 8.58. The first-order valence-corrected chi connectivity index (χ1v) is 7.38. The van der Waals surface area contributed by atoms with Crippen LogP contribution in [0.15, 0.2) is 6.20 Å². The average molecular weight is 253 g/mol. The van der Waals surface area contributed by atoms with Gasteiger partial charge in [-0.1, -0.05) is 19.3 Å². The van der Waals surface area contributed by atoms with Crippen LogP contribution in [0.5, 0.6) is 0 Å². The van der Waals surface area contributed by atoms with Crippen molar-refractivity contribution in [2.75, 3.05) is 13.1 Å². The molecule has 0 spiro atoms. The Balaban J connectivity index is 1.79. The maximum Gasteiger partial charge on any atom is 0.107 e. The zero-order valence-corrected chi connectivity index (χ0v) is 11.5. The van der Waals surface area contributed by atoms with E-state index in [9.17, 15) is 0 Å². The molecule has 0 unspecified atom stereocenters. The SMILES string of the molecule is Cc1cnc(CNCC2(CN)CCCCC2)s1. The molecule has 0 atom stereocenters. The number of hydrogen-bond acceptors (Lipinski definition) is 4. The van der Waals surface area contributed by atoms with E-state index < -0.39 is 0 Å². The Morgan fingerprint density at radius 1 is 1.41 bits per heavy atom. The van der Waals surface area contributed by atoms with Crippen molar-refractivity contribution in [2.24, 2.45) is 11.1 Å². The number of aromatic nitrogens is 1. The van der Waals surface area contributed by atoms with Gasteiger partial charge in [-0.2, -0.15) is 0 Å². The highest BCUT2D eigenvalue weighted by Gasteiger charge is 2.29. The quantitative estimate of drug-likeness (QED) is 0.847. The highest BCUT2D eigenvalue weighted by molar-refractivity contribution is 7.11. The summed E-state index contributed by atoms with van der Waals surface area (Å²) in [5, 5.41) is 4.73. The lowest BCUT2D eigenvalue weighted by atomic mass is 9.74. The highest BCUT2D eigenvalue weighted by atomic mass is 32.1. The van der Waals surface area contributed by atoms with E-state index in [4.69, 9.17) is 5.73 Å². The van der Waals surface area contributed by atoms with Crippen LogP contribution >= 0.6 is 11.3 Å². The summed E-state index contributed by atoms with van der Waals surface area (Å²) in [7, 11) is 0. The third-order valence-corrected chi connectivity index (χ3v) is 4.71. The summed E-state index contributed by atoms with van der Waals surface area (Å²) < 4.78 is 0. The zero-order chi connectivity index (χ0) is 12.1. The van der Waals surface area contributed by atoms with Gasteiger partial charge in [0.2, 0.25) is 0 Å². The minimum absolute atomic E-state index is 0.352. The summed E-state index contributed by atoms with van der Waals surface area (Å²) >= 11 is 1.78. The van der Waals surface area contributed by atoms with Crippen LogP contribution in [0.1, 0.15) is 42.0 Å². The van der Waals surface area contributed by atoms with Crippen molar-refractivity contribution < 1.29 is 0 Å². The number of nitrogens with zero attached hydrogens (tertiary/aromatic N) is 1. The molecule has 2 rings (SSSR count). The first-order valence-electron chi connectivity index (χ1n) is 6.56. The molecule has 0 aliphatic heterocycles. The van der Waals surface area contributed by atoms with Gasteiger partial charge in [0, 0.05) is 24.2 Å². The molecule has 17 heavy (non-hydrogen) atoms. The summed E-state index contributed by atoms with van der Waals surface area (Å²) in [5.74, 6) is 0. The molecule has 3 nitrogen and oxygen atoms in total. The third kappa shape index (κ3) is 3.50. The van der Waals surface area contributed by atoms with E-state index in [2.05, 4.69) is 17.2 Å². The molecule has 1 fully saturated rings. The first-order chi connectivity index (χ1) is 8.24. The smallest absolute Gasteiger partial charge is 0.107 e. The van der Waals surface area contributed by atoms with Crippen LogP contribution in [-0.2, 0) is 6.54 Å². The molecule has 0 amide bonds. The van der Waals surface area contributed by atoms with Crippen molar-refractivity contribution >= 4 is 11.3 Å². The molecule has 0 bridgehead atoms. The number of thiazole rings is 1. The molecule has 1 aromatic rings. The molecule has 3 N–H and O–H groups in total. The van der Waals surface area contributed by atoms with Crippen molar-refractivity contribution in [3.63, 3.8) is 0 Å². The largest absolute Gasteiger partial charge is 0.330 e. The van der Waals surface area contributed by atoms with Crippen LogP contribution < -0.4 is 11.1 Å². The predicted molar refractivity (Wildman–Crippen MR) is 73.1 cm³/mol. The zero-order valence-electron chi connectivity index (χ0n) is 10.7. The van der Waals surface area contributed by atoms with Crippen LogP contribution in [0.2, 0.25) is 0 Å². The van der Waals surface area contributed by atoms with Gasteiger partial charge >= 0.3 is 0 Å². The maximum atomic E-state index is 5.97. The minimum atomic E-state index is 0.352. The maximum absolute atomic E-state index is 5.97. The van der Waals surface area contributed by atoms with Crippen LogP contribution in [-0.4, -0.2) is 18.1 Å². The lowest BCUT2D eigenvalue weighted by Crippen LogP contribution is -2.41. The van der Waals surface area contributed by atoms with Gasteiger partial charge in [-0.15, -0.1) is 11.3 Å². The van der Waals surface area contributed by atoms with Gasteiger partial charge in [-0.25, -0.2) is 4.98 Å². The summed E-state index contributed by atoms with van der Waals surface area (Å²) in [5.41, 5.74) is 6.32. The van der Waals surface area contributed by atoms with E-state index in [1.165, 1.54) is 42.0 Å². The van der Waals surface area contributed by atoms with Gasteiger partial charge in [0.05, 0.1) is 0 Å². The monoisotopic (exact) mass is 253 g/mol. The van der Waals surface area contributed by atoms with Crippen molar-refractivity contribution in [1.29, 1.82) is 0 Å². The number of aryl methyl sites for hydroxylation is 1. The minimum Gasteiger partial charge on any atom is -0.330 e. The lowest BCUT2D eigenvalue weighted by Gasteiger charge is -2.36. The Labute approximate surface area is 108 Å². The Bertz CT molecular complexity index is 342. The van der Waals surface area contributed by atoms with Gasteiger partial charge < -0.3 is 11.1 Å². The van der Waals surface area contributed by atoms with Crippen molar-refractivity contribution in [3.8, 4) is 0 Å². The van der Waals surface area contributed by atoms with Crippen molar-refractivity contribution in [1.82, 2.24) is 10.3 Å². The fourth-order valence-corrected chi connectivity index (χ4v) is 3.43. The molecule has 1 aliphatic rings. The molecule has 96 valence electrons. The first kappa shape index (κ1) is 13.0. The Morgan fingerprint density at radius 3 is 2.76 bits per heavy atom. The summed E-state index contributed by atoms with van der Waals surface area (Å²) in [6.45, 7) is 4.85. The second-order valence-corrected chi connectivity index (χ2v) is 6.55. The van der Waals surface area contributed by atoms with Crippen LogP contribution in [0, 0.1) is 12.3 Å². The van der Waals surface area contributed by atoms with Gasteiger partial charge in [-0.05, 0) is 31.7 Å². The Kier molecular flexibility index (Phi) is 4.54. The second-order valence-electron chi connectivity index (χ2n) is 5.23. The van der Waals surface area contributed by atoms with Crippen LogP contribution in [0.25, 0.3) is 0 Å². The molecule has 1 saturated carbocycles. The molecule has 1 aliphatic carbocycles. The van der Waals surface area contributed by atoms with E-state index in [1.54, 1.807) is 11.3 Å². The standard InChI is InChI=1S/C13H23N3S/c1-11-7-16-12(17-11)8-15-10-13(9-14)5-3-2-4-6-13/h7,15H,2-6,8-10,14H2,1H3. The molecular formula is C13H23N3S. The fraction of sp³-hybridized carbons (Fsp3) is 0.769.